The van der Waals surface area contributed by atoms with Crippen LogP contribution >= 0.6 is 0 Å². The van der Waals surface area contributed by atoms with Crippen LogP contribution in [-0.4, -0.2) is 64.1 Å². The van der Waals surface area contributed by atoms with E-state index in [2.05, 4.69) is 21.7 Å². The summed E-state index contributed by atoms with van der Waals surface area (Å²) >= 11 is 0. The third kappa shape index (κ3) is 4.69. The highest BCUT2D eigenvalue weighted by Crippen LogP contribution is 2.43. The number of nitrogens with two attached hydrogens (primary N) is 1. The number of ether oxygens (including phenoxy) is 1. The van der Waals surface area contributed by atoms with Crippen LogP contribution in [0.5, 0.6) is 11.5 Å². The molecule has 2 aromatic rings. The summed E-state index contributed by atoms with van der Waals surface area (Å²) in [5.74, 6) is 7.85. The van der Waals surface area contributed by atoms with Gasteiger partial charge in [0.05, 0.1) is 0 Å². The van der Waals surface area contributed by atoms with E-state index in [0.717, 1.165) is 60.5 Å². The van der Waals surface area contributed by atoms with E-state index in [0.29, 0.717) is 36.8 Å². The molecule has 0 radical (unpaired) electrons. The fourth-order valence-corrected chi connectivity index (χ4v) is 4.80. The van der Waals surface area contributed by atoms with E-state index >= 15 is 0 Å². The minimum Gasteiger partial charge on any atom is -0.507 e. The van der Waals surface area contributed by atoms with Crippen LogP contribution in [0.3, 0.4) is 0 Å². The molecule has 1 saturated heterocycles. The van der Waals surface area contributed by atoms with Crippen LogP contribution in [-0.2, 0) is 11.2 Å². The molecule has 0 saturated carbocycles. The zero-order chi connectivity index (χ0) is 24.5. The van der Waals surface area contributed by atoms with E-state index in [1.807, 2.05) is 44.7 Å². The average molecular weight is 463 g/mol. The van der Waals surface area contributed by atoms with Crippen molar-refractivity contribution in [3.8, 4) is 23.3 Å². The molecule has 4 rings (SSSR count). The number of benzene rings is 1. The quantitative estimate of drug-likeness (QED) is 0.682. The Hall–Kier alpha value is -3.24. The lowest BCUT2D eigenvalue weighted by Crippen LogP contribution is -2.57. The van der Waals surface area contributed by atoms with E-state index < -0.39 is 5.60 Å². The molecule has 0 aliphatic carbocycles. The van der Waals surface area contributed by atoms with Crippen molar-refractivity contribution in [3.63, 3.8) is 0 Å². The Morgan fingerprint density at radius 2 is 1.91 bits per heavy atom. The topological polar surface area (TPSA) is 91.9 Å². The molecule has 7 heteroatoms. The SMILES string of the molecule is Cc1c(C)c2c(c(C)c1O)CCC(C)(C(=O)N1CCN(CCC#Cc3cccc(N)n3)CC1)O2. The van der Waals surface area contributed by atoms with E-state index in [-0.39, 0.29) is 5.91 Å². The second-order valence-corrected chi connectivity index (χ2v) is 9.50. The predicted molar refractivity (Wildman–Crippen MR) is 133 cm³/mol. The summed E-state index contributed by atoms with van der Waals surface area (Å²) in [6, 6.07) is 5.45. The van der Waals surface area contributed by atoms with Gasteiger partial charge in [0.25, 0.3) is 5.91 Å². The predicted octanol–water partition coefficient (Wildman–Crippen LogP) is 2.96. The molecule has 1 aromatic carbocycles. The first-order chi connectivity index (χ1) is 16.2. The van der Waals surface area contributed by atoms with Crippen molar-refractivity contribution >= 4 is 11.7 Å². The molecule has 3 heterocycles. The van der Waals surface area contributed by atoms with Gasteiger partial charge < -0.3 is 20.5 Å². The number of phenols is 1. The first kappa shape index (κ1) is 23.9. The van der Waals surface area contributed by atoms with Crippen molar-refractivity contribution in [1.29, 1.82) is 0 Å². The normalized spacial score (nSPS) is 20.2. The maximum atomic E-state index is 13.5. The molecule has 1 fully saturated rings. The number of hydrogen-bond acceptors (Lipinski definition) is 6. The van der Waals surface area contributed by atoms with E-state index in [1.54, 1.807) is 6.07 Å². The van der Waals surface area contributed by atoms with E-state index in [1.165, 1.54) is 0 Å². The smallest absolute Gasteiger partial charge is 0.266 e. The number of fused-ring (bicyclic) bond motifs is 1. The van der Waals surface area contributed by atoms with Gasteiger partial charge in [0, 0.05) is 51.1 Å². The number of anilines is 1. The molecule has 1 unspecified atom stereocenters. The van der Waals surface area contributed by atoms with Gasteiger partial charge in [-0.1, -0.05) is 12.0 Å². The monoisotopic (exact) mass is 462 g/mol. The third-order valence-electron chi connectivity index (χ3n) is 7.17. The summed E-state index contributed by atoms with van der Waals surface area (Å²) in [6.07, 6.45) is 2.07. The van der Waals surface area contributed by atoms with Crippen LogP contribution in [0.25, 0.3) is 0 Å². The molecule has 180 valence electrons. The van der Waals surface area contributed by atoms with Gasteiger partial charge in [-0.25, -0.2) is 4.98 Å². The van der Waals surface area contributed by atoms with Crippen LogP contribution in [0.2, 0.25) is 0 Å². The highest BCUT2D eigenvalue weighted by molar-refractivity contribution is 5.86. The molecule has 0 bridgehead atoms. The molecule has 3 N–H and O–H groups in total. The second kappa shape index (κ2) is 9.55. The number of aromatic nitrogens is 1. The third-order valence-corrected chi connectivity index (χ3v) is 7.17. The summed E-state index contributed by atoms with van der Waals surface area (Å²) in [7, 11) is 0. The minimum atomic E-state index is -0.883. The number of rotatable bonds is 3. The molecular formula is C27H34N4O3. The molecule has 2 aliphatic heterocycles. The number of pyridine rings is 1. The number of aromatic hydroxyl groups is 1. The van der Waals surface area contributed by atoms with Gasteiger partial charge in [-0.05, 0) is 68.9 Å². The lowest BCUT2D eigenvalue weighted by Gasteiger charge is -2.42. The van der Waals surface area contributed by atoms with E-state index in [4.69, 9.17) is 10.5 Å². The van der Waals surface area contributed by atoms with Gasteiger partial charge in [0.2, 0.25) is 0 Å². The summed E-state index contributed by atoms with van der Waals surface area (Å²) in [5.41, 5.74) is 9.10. The maximum Gasteiger partial charge on any atom is 0.266 e. The highest BCUT2D eigenvalue weighted by Gasteiger charge is 2.43. The summed E-state index contributed by atoms with van der Waals surface area (Å²) in [6.45, 7) is 11.5. The first-order valence-electron chi connectivity index (χ1n) is 11.9. The summed E-state index contributed by atoms with van der Waals surface area (Å²) in [5, 5.41) is 10.4. The largest absolute Gasteiger partial charge is 0.507 e. The van der Waals surface area contributed by atoms with Crippen molar-refractivity contribution in [2.24, 2.45) is 0 Å². The number of amides is 1. The fourth-order valence-electron chi connectivity index (χ4n) is 4.80. The number of nitrogen functional groups attached to an aromatic ring is 1. The fraction of sp³-hybridized carbons (Fsp3) is 0.481. The molecule has 1 atom stereocenters. The minimum absolute atomic E-state index is 0.0492. The maximum absolute atomic E-state index is 13.5. The molecule has 7 nitrogen and oxygen atoms in total. The van der Waals surface area contributed by atoms with Crippen LogP contribution in [0.4, 0.5) is 5.82 Å². The Morgan fingerprint density at radius 1 is 1.18 bits per heavy atom. The number of phenolic OH excluding ortho intramolecular Hbond substituents is 1. The van der Waals surface area contributed by atoms with Gasteiger partial charge in [-0.15, -0.1) is 0 Å². The molecule has 2 aliphatic rings. The highest BCUT2D eigenvalue weighted by atomic mass is 16.5. The number of carbonyl (C=O) groups excluding carboxylic acids is 1. The van der Waals surface area contributed by atoms with Gasteiger partial charge in [0.15, 0.2) is 5.60 Å². The molecular weight excluding hydrogens is 428 g/mol. The van der Waals surface area contributed by atoms with Crippen LogP contribution in [0, 0.1) is 32.6 Å². The lowest BCUT2D eigenvalue weighted by atomic mass is 9.86. The van der Waals surface area contributed by atoms with Gasteiger partial charge in [-0.2, -0.15) is 0 Å². The van der Waals surface area contributed by atoms with Gasteiger partial charge >= 0.3 is 0 Å². The first-order valence-corrected chi connectivity index (χ1v) is 11.9. The average Bonchev–Trinajstić information content (AvgIpc) is 2.84. The lowest BCUT2D eigenvalue weighted by molar-refractivity contribution is -0.150. The molecule has 34 heavy (non-hydrogen) atoms. The Kier molecular flexibility index (Phi) is 6.72. The zero-order valence-corrected chi connectivity index (χ0v) is 20.6. The Bertz CT molecular complexity index is 1160. The van der Waals surface area contributed by atoms with Crippen LogP contribution in [0.1, 0.15) is 47.7 Å². The van der Waals surface area contributed by atoms with Gasteiger partial charge in [-0.3, -0.25) is 9.69 Å². The molecule has 1 amide bonds. The van der Waals surface area contributed by atoms with Crippen LogP contribution in [0.15, 0.2) is 18.2 Å². The Labute approximate surface area is 201 Å². The van der Waals surface area contributed by atoms with Crippen molar-refractivity contribution < 1.29 is 14.6 Å². The second-order valence-electron chi connectivity index (χ2n) is 9.50. The Morgan fingerprint density at radius 3 is 2.62 bits per heavy atom. The van der Waals surface area contributed by atoms with E-state index in [9.17, 15) is 9.90 Å². The molecule has 1 aromatic heterocycles. The number of piperazine rings is 1. The van der Waals surface area contributed by atoms with Crippen molar-refractivity contribution in [2.75, 3.05) is 38.5 Å². The van der Waals surface area contributed by atoms with Gasteiger partial charge in [0.1, 0.15) is 23.0 Å². The zero-order valence-electron chi connectivity index (χ0n) is 20.6. The number of carbonyl (C=O) groups is 1. The van der Waals surface area contributed by atoms with Crippen molar-refractivity contribution in [3.05, 3.63) is 46.1 Å². The van der Waals surface area contributed by atoms with Crippen LogP contribution < -0.4 is 10.5 Å². The number of hydrogen-bond donors (Lipinski definition) is 2. The number of nitrogens with zero attached hydrogens (tertiary/aromatic N) is 3. The summed E-state index contributed by atoms with van der Waals surface area (Å²) in [4.78, 5) is 21.9. The molecule has 0 spiro atoms. The summed E-state index contributed by atoms with van der Waals surface area (Å²) < 4.78 is 6.39. The van der Waals surface area contributed by atoms with Crippen molar-refractivity contribution in [2.45, 2.75) is 52.6 Å². The standard InChI is InChI=1S/C27H34N4O3/c1-18-19(2)25-22(20(3)24(18)32)11-12-27(4,34-25)26(33)31-16-14-30(15-17-31)13-6-5-8-21-9-7-10-23(28)29-21/h7,9-10,32H,6,11-17H2,1-4H3,(H2,28,29). The Balaban J connectivity index is 1.33. The van der Waals surface area contributed by atoms with Crippen molar-refractivity contribution in [1.82, 2.24) is 14.8 Å².